The maximum Gasteiger partial charge on any atom is 0.300 e. The number of benzene rings is 1. The summed E-state index contributed by atoms with van der Waals surface area (Å²) in [7, 11) is 1.27. The van der Waals surface area contributed by atoms with Crippen LogP contribution in [0.15, 0.2) is 18.2 Å². The Morgan fingerprint density at radius 1 is 1.50 bits per heavy atom. The number of ether oxygens (including phenoxy) is 1. The Balaban J connectivity index is 3.16. The molecule has 0 aliphatic carbocycles. The molecule has 0 unspecified atom stereocenters. The van der Waals surface area contributed by atoms with Crippen molar-refractivity contribution in [3.63, 3.8) is 0 Å². The summed E-state index contributed by atoms with van der Waals surface area (Å²) in [6.07, 6.45) is -3.13. The first-order valence-corrected chi connectivity index (χ1v) is 3.76. The zero-order valence-electron chi connectivity index (χ0n) is 7.33. The first-order valence-electron chi connectivity index (χ1n) is 3.76. The van der Waals surface area contributed by atoms with Gasteiger partial charge in [0.15, 0.2) is 11.5 Å². The van der Waals surface area contributed by atoms with Crippen molar-refractivity contribution in [3.8, 4) is 11.5 Å². The highest BCUT2D eigenvalue weighted by atomic mass is 19.3. The summed E-state index contributed by atoms with van der Waals surface area (Å²) in [6, 6.07) is 3.85. The Labute approximate surface area is 78.9 Å². The number of ketones is 1. The molecule has 1 rings (SSSR count). The second-order valence-electron chi connectivity index (χ2n) is 2.52. The van der Waals surface area contributed by atoms with Crippen LogP contribution in [0.3, 0.4) is 0 Å². The number of hydrogen-bond acceptors (Lipinski definition) is 3. The molecule has 1 N–H and O–H groups in total. The first kappa shape index (κ1) is 10.4. The van der Waals surface area contributed by atoms with E-state index >= 15 is 0 Å². The molecule has 0 radical (unpaired) electrons. The van der Waals surface area contributed by atoms with Crippen molar-refractivity contribution in [2.75, 3.05) is 7.11 Å². The van der Waals surface area contributed by atoms with Gasteiger partial charge in [-0.3, -0.25) is 4.79 Å². The fourth-order valence-electron chi connectivity index (χ4n) is 1.00. The van der Waals surface area contributed by atoms with E-state index in [2.05, 4.69) is 4.74 Å². The Kier molecular flexibility index (Phi) is 3.01. The summed E-state index contributed by atoms with van der Waals surface area (Å²) in [4.78, 5) is 10.9. The molecular formula is C9H8F2O3. The summed E-state index contributed by atoms with van der Waals surface area (Å²) in [5.41, 5.74) is -0.431. The molecule has 76 valence electrons. The minimum atomic E-state index is -3.13. The second kappa shape index (κ2) is 4.04. The number of para-hydroxylation sites is 1. The van der Waals surface area contributed by atoms with Gasteiger partial charge in [0, 0.05) is 0 Å². The van der Waals surface area contributed by atoms with Gasteiger partial charge in [-0.1, -0.05) is 6.07 Å². The molecule has 0 heterocycles. The minimum Gasteiger partial charge on any atom is -0.504 e. The molecule has 5 heteroatoms. The number of carbonyl (C=O) groups is 1. The summed E-state index contributed by atoms with van der Waals surface area (Å²) >= 11 is 0. The van der Waals surface area contributed by atoms with Gasteiger partial charge >= 0.3 is 6.43 Å². The van der Waals surface area contributed by atoms with E-state index in [1.165, 1.54) is 19.2 Å². The van der Waals surface area contributed by atoms with Crippen LogP contribution >= 0.6 is 0 Å². The van der Waals surface area contributed by atoms with E-state index in [0.717, 1.165) is 6.07 Å². The van der Waals surface area contributed by atoms with Crippen LogP contribution in [0.25, 0.3) is 0 Å². The van der Waals surface area contributed by atoms with E-state index in [1.54, 1.807) is 0 Å². The van der Waals surface area contributed by atoms with Gasteiger partial charge in [0.1, 0.15) is 0 Å². The van der Waals surface area contributed by atoms with Crippen LogP contribution < -0.4 is 4.74 Å². The normalized spacial score (nSPS) is 10.3. The average Bonchev–Trinajstić information content (AvgIpc) is 2.17. The zero-order valence-corrected chi connectivity index (χ0v) is 7.33. The number of carbonyl (C=O) groups excluding carboxylic acids is 1. The molecular weight excluding hydrogens is 194 g/mol. The first-order chi connectivity index (χ1) is 6.57. The Morgan fingerprint density at radius 2 is 2.14 bits per heavy atom. The predicted octanol–water partition coefficient (Wildman–Crippen LogP) is 1.85. The molecule has 0 atom stereocenters. The van der Waals surface area contributed by atoms with Crippen LogP contribution in [-0.4, -0.2) is 24.4 Å². The number of rotatable bonds is 3. The maximum atomic E-state index is 12.0. The number of phenolic OH excluding ortho intramolecular Hbond substituents is 1. The highest BCUT2D eigenvalue weighted by Gasteiger charge is 2.22. The third kappa shape index (κ3) is 1.81. The highest BCUT2D eigenvalue weighted by Crippen LogP contribution is 2.30. The number of halogens is 2. The summed E-state index contributed by atoms with van der Waals surface area (Å²) in [5.74, 6) is -1.97. The van der Waals surface area contributed by atoms with Gasteiger partial charge in [0.2, 0.25) is 5.78 Å². The van der Waals surface area contributed by atoms with Crippen molar-refractivity contribution < 1.29 is 23.4 Å². The van der Waals surface area contributed by atoms with E-state index in [9.17, 15) is 18.7 Å². The van der Waals surface area contributed by atoms with E-state index in [0.29, 0.717) is 0 Å². The fourth-order valence-corrected chi connectivity index (χ4v) is 1.00. The monoisotopic (exact) mass is 202 g/mol. The number of hydrogen-bond donors (Lipinski definition) is 1. The van der Waals surface area contributed by atoms with Gasteiger partial charge in [0.25, 0.3) is 0 Å². The van der Waals surface area contributed by atoms with Crippen LogP contribution in [0.4, 0.5) is 8.78 Å². The summed E-state index contributed by atoms with van der Waals surface area (Å²) in [6.45, 7) is 0. The van der Waals surface area contributed by atoms with Gasteiger partial charge in [-0.05, 0) is 12.1 Å². The molecule has 0 aromatic heterocycles. The SMILES string of the molecule is COc1cccc(C(=O)C(F)F)c1O. The molecule has 0 bridgehead atoms. The highest BCUT2D eigenvalue weighted by molar-refractivity contribution is 6.01. The van der Waals surface area contributed by atoms with Crippen LogP contribution in [0.1, 0.15) is 10.4 Å². The van der Waals surface area contributed by atoms with E-state index in [4.69, 9.17) is 0 Å². The third-order valence-electron chi connectivity index (χ3n) is 1.68. The molecule has 0 saturated heterocycles. The lowest BCUT2D eigenvalue weighted by Gasteiger charge is -2.06. The van der Waals surface area contributed by atoms with E-state index < -0.39 is 23.5 Å². The molecule has 0 fully saturated rings. The lowest BCUT2D eigenvalue weighted by Crippen LogP contribution is -2.10. The number of Topliss-reactive ketones (excluding diaryl/α,β-unsaturated/α-hetero) is 1. The lowest BCUT2D eigenvalue weighted by molar-refractivity contribution is 0.0675. The fraction of sp³-hybridized carbons (Fsp3) is 0.222. The summed E-state index contributed by atoms with van der Waals surface area (Å²) < 4.78 is 28.7. The second-order valence-corrected chi connectivity index (χ2v) is 2.52. The number of phenols is 1. The Bertz CT molecular complexity index is 350. The average molecular weight is 202 g/mol. The number of methoxy groups -OCH3 is 1. The van der Waals surface area contributed by atoms with Gasteiger partial charge < -0.3 is 9.84 Å². The molecule has 1 aromatic carbocycles. The lowest BCUT2D eigenvalue weighted by atomic mass is 10.1. The van der Waals surface area contributed by atoms with Gasteiger partial charge in [-0.25, -0.2) is 8.78 Å². The van der Waals surface area contributed by atoms with E-state index in [-0.39, 0.29) is 5.75 Å². The minimum absolute atomic E-state index is 0.00324. The van der Waals surface area contributed by atoms with Crippen LogP contribution in [0.5, 0.6) is 11.5 Å². The number of aromatic hydroxyl groups is 1. The topological polar surface area (TPSA) is 46.5 Å². The molecule has 0 aliphatic rings. The van der Waals surface area contributed by atoms with Crippen molar-refractivity contribution in [2.45, 2.75) is 6.43 Å². The maximum absolute atomic E-state index is 12.0. The predicted molar refractivity (Wildman–Crippen MR) is 45.0 cm³/mol. The van der Waals surface area contributed by atoms with Crippen LogP contribution in [-0.2, 0) is 0 Å². The largest absolute Gasteiger partial charge is 0.504 e. The van der Waals surface area contributed by atoms with Crippen molar-refractivity contribution >= 4 is 5.78 Å². The molecule has 0 saturated carbocycles. The smallest absolute Gasteiger partial charge is 0.300 e. The Hall–Kier alpha value is -1.65. The van der Waals surface area contributed by atoms with E-state index in [1.807, 2.05) is 0 Å². The van der Waals surface area contributed by atoms with Crippen molar-refractivity contribution in [1.29, 1.82) is 0 Å². The molecule has 0 amide bonds. The molecule has 14 heavy (non-hydrogen) atoms. The molecule has 1 aromatic rings. The summed E-state index contributed by atoms with van der Waals surface area (Å²) in [5, 5.41) is 9.33. The van der Waals surface area contributed by atoms with Gasteiger partial charge in [-0.2, -0.15) is 0 Å². The van der Waals surface area contributed by atoms with Crippen molar-refractivity contribution in [2.24, 2.45) is 0 Å². The van der Waals surface area contributed by atoms with Crippen molar-refractivity contribution in [3.05, 3.63) is 23.8 Å². The van der Waals surface area contributed by atoms with Crippen molar-refractivity contribution in [1.82, 2.24) is 0 Å². The zero-order chi connectivity index (χ0) is 10.7. The molecule has 0 spiro atoms. The van der Waals surface area contributed by atoms with Crippen LogP contribution in [0, 0.1) is 0 Å². The van der Waals surface area contributed by atoms with Crippen LogP contribution in [0.2, 0.25) is 0 Å². The molecule has 0 aliphatic heterocycles. The number of alkyl halides is 2. The standard InChI is InChI=1S/C9H8F2O3/c1-14-6-4-2-3-5(7(6)12)8(13)9(10)11/h2-4,9,12H,1H3. The quantitative estimate of drug-likeness (QED) is 0.761. The van der Waals surface area contributed by atoms with Gasteiger partial charge in [0.05, 0.1) is 12.7 Å². The molecule has 3 nitrogen and oxygen atoms in total. The van der Waals surface area contributed by atoms with Gasteiger partial charge in [-0.15, -0.1) is 0 Å². The Morgan fingerprint density at radius 3 is 2.64 bits per heavy atom. The third-order valence-corrected chi connectivity index (χ3v) is 1.68.